The summed E-state index contributed by atoms with van der Waals surface area (Å²) in [5.41, 5.74) is -43.8. The lowest BCUT2D eigenvalue weighted by molar-refractivity contribution is 0.660. The van der Waals surface area contributed by atoms with Crippen LogP contribution in [0.15, 0.2) is 278 Å². The van der Waals surface area contributed by atoms with Crippen LogP contribution in [0.4, 0.5) is 34.1 Å². The van der Waals surface area contributed by atoms with Gasteiger partial charge in [0, 0.05) is 61.0 Å². The van der Waals surface area contributed by atoms with Crippen LogP contribution >= 0.6 is 0 Å². The number of fused-ring (bicyclic) bond motifs is 16. The van der Waals surface area contributed by atoms with E-state index in [9.17, 15) is 53.5 Å². The Morgan fingerprint density at radius 3 is 1.19 bits per heavy atom. The quantitative estimate of drug-likeness (QED) is 0.150. The van der Waals surface area contributed by atoms with E-state index in [1.165, 1.54) is 0 Å². The van der Waals surface area contributed by atoms with E-state index in [0.717, 1.165) is 6.07 Å². The van der Waals surface area contributed by atoms with Crippen molar-refractivity contribution in [1.29, 1.82) is 0 Å². The first kappa shape index (κ1) is 17.4. The van der Waals surface area contributed by atoms with Gasteiger partial charge < -0.3 is 9.80 Å². The maximum atomic E-state index is 10.6. The highest BCUT2D eigenvalue weighted by Gasteiger charge is 2.52. The van der Waals surface area contributed by atoms with Gasteiger partial charge in [0.25, 0.3) is 0 Å². The molecule has 0 amide bonds. The molecular formula is C79H58N2. The molecule has 2 heteroatoms. The molecule has 81 heavy (non-hydrogen) atoms. The lowest BCUT2D eigenvalue weighted by Gasteiger charge is -2.32. The molecule has 0 bridgehead atoms. The molecule has 0 aromatic heterocycles. The predicted molar refractivity (Wildman–Crippen MR) is 338 cm³/mol. The van der Waals surface area contributed by atoms with Crippen LogP contribution < -0.4 is 9.80 Å². The molecule has 0 radical (unpaired) electrons. The summed E-state index contributed by atoms with van der Waals surface area (Å²) in [6.07, 6.45) is 0. The van der Waals surface area contributed by atoms with Gasteiger partial charge in [0.15, 0.2) is 0 Å². The van der Waals surface area contributed by atoms with Crippen molar-refractivity contribution in [3.05, 3.63) is 323 Å². The Kier molecular flexibility index (Phi) is 3.78. The lowest BCUT2D eigenvalue weighted by Crippen LogP contribution is -2.26. The SMILES string of the molecule is [2H]c1cc2c(c([2H])c1[2H])-c1c([2H])c([2H])c([2H])c([2H])c1C21c2c([2H])c([2H])c([2H])c([2H])c2-c2c(N(c3c([2H])c([2H])c(-c4c([2H])c([2H])c(N(c5c([2H])c([2H])c(-c6c([2H])c([2H])c([2H])c([2H])c6[2H])c([2H])c5[2H])c5c([2H])c([2H])c([2H])c6c5-c5cc([2H])c([2H])c([2H])c5C6(C([2H])([2H])[2H])C([2H])([2H])[2H])c([2H])c4[2H])c([2H])c3[2H])c3c([2H])c([2H])c([2H])c4c3-c3c([2H])c([2H])c([2H])c([2H])c3C4(C([2H])([2H])[2H])C([2H])([2H])[2H])c([2H])c([2H])c([2H])c21. The Balaban J connectivity index is 1.11. The Labute approximate surface area is 554 Å². The zero-order valence-corrected chi connectivity index (χ0v) is 40.5. The molecule has 4 aliphatic rings. The number of hydrogen-bond donors (Lipinski definition) is 0. The summed E-state index contributed by atoms with van der Waals surface area (Å²) in [6.45, 7) is -16.9. The average molecular weight is 1090 g/mol. The van der Waals surface area contributed by atoms with Crippen LogP contribution in [0.3, 0.4) is 0 Å². The molecule has 0 fully saturated rings. The summed E-state index contributed by atoms with van der Waals surface area (Å²) in [6, 6.07) is -60.3. The Morgan fingerprint density at radius 1 is 0.259 bits per heavy atom. The smallest absolute Gasteiger partial charge is 0.0726 e. The molecule has 0 aliphatic heterocycles. The van der Waals surface area contributed by atoms with Gasteiger partial charge in [-0.1, -0.05) is 251 Å². The first-order valence-electron chi connectivity index (χ1n) is 52.0. The van der Waals surface area contributed by atoms with E-state index in [1.54, 1.807) is 0 Å². The second kappa shape index (κ2) is 17.6. The largest absolute Gasteiger partial charge is 0.310 e. The normalized spacial score (nSPS) is 26.1. The zero-order chi connectivity index (χ0) is 102. The molecule has 1 unspecified atom stereocenters. The Bertz CT molecular complexity index is 7560. The zero-order valence-electron chi connectivity index (χ0n) is 96.5. The molecule has 12 aromatic rings. The monoisotopic (exact) mass is 1090 g/mol. The van der Waals surface area contributed by atoms with Gasteiger partial charge in [0.1, 0.15) is 0 Å². The van der Waals surface area contributed by atoms with Crippen LogP contribution in [0.2, 0.25) is 0 Å². The molecule has 1 spiro atoms. The van der Waals surface area contributed by atoms with Crippen molar-refractivity contribution >= 4 is 34.1 Å². The van der Waals surface area contributed by atoms with Crippen molar-refractivity contribution in [3.8, 4) is 66.8 Å². The van der Waals surface area contributed by atoms with Crippen LogP contribution in [-0.2, 0) is 16.2 Å². The second-order valence-electron chi connectivity index (χ2n) is 18.4. The number of nitrogens with zero attached hydrogens (tertiary/aromatic N) is 2. The minimum atomic E-state index is -4.31. The summed E-state index contributed by atoms with van der Waals surface area (Å²) < 4.78 is 534. The third kappa shape index (κ3) is 6.68. The molecule has 0 N–H and O–H groups in total. The highest BCUT2D eigenvalue weighted by Crippen LogP contribution is 2.65. The van der Waals surface area contributed by atoms with E-state index in [4.69, 9.17) is 23.3 Å². The fourth-order valence-corrected chi connectivity index (χ4v) is 11.0. The van der Waals surface area contributed by atoms with Gasteiger partial charge in [-0.3, -0.25) is 0 Å². The number of hydrogen-bond acceptors (Lipinski definition) is 2. The minimum absolute atomic E-state index is 0.0718. The van der Waals surface area contributed by atoms with Crippen molar-refractivity contribution in [2.45, 2.75) is 43.7 Å². The van der Waals surface area contributed by atoms with Crippen LogP contribution in [0.1, 0.15) is 149 Å². The summed E-state index contributed by atoms with van der Waals surface area (Å²) >= 11 is 0. The molecule has 12 aromatic carbocycles. The van der Waals surface area contributed by atoms with E-state index in [2.05, 4.69) is 0 Å². The van der Waals surface area contributed by atoms with E-state index in [1.807, 2.05) is 0 Å². The molecule has 16 rings (SSSR count). The van der Waals surface area contributed by atoms with Crippen LogP contribution in [0.5, 0.6) is 0 Å². The van der Waals surface area contributed by atoms with Gasteiger partial charge in [0.2, 0.25) is 0 Å². The number of rotatable bonds is 8. The van der Waals surface area contributed by atoms with E-state index in [-0.39, 0.29) is 9.80 Å². The third-order valence-electron chi connectivity index (χ3n) is 14.3. The van der Waals surface area contributed by atoms with E-state index in [0.29, 0.717) is 6.07 Å². The van der Waals surface area contributed by atoms with Crippen LogP contribution in [0, 0.1) is 0 Å². The minimum Gasteiger partial charge on any atom is -0.310 e. The van der Waals surface area contributed by atoms with Crippen LogP contribution in [0.25, 0.3) is 66.8 Å². The van der Waals surface area contributed by atoms with Gasteiger partial charge in [-0.25, -0.2) is 0 Å². The van der Waals surface area contributed by atoms with Crippen molar-refractivity contribution in [1.82, 2.24) is 0 Å². The summed E-state index contributed by atoms with van der Waals surface area (Å²) in [5, 5.41) is 0. The average Bonchev–Trinajstić information content (AvgIpc) is 1.41. The fraction of sp³-hybridized carbons (Fsp3) is 0.0886. The molecule has 2 nitrogen and oxygen atoms in total. The predicted octanol–water partition coefficient (Wildman–Crippen LogP) is 20.9. The van der Waals surface area contributed by atoms with Crippen molar-refractivity contribution in [3.63, 3.8) is 0 Å². The van der Waals surface area contributed by atoms with E-state index < -0.39 is 455 Å². The highest BCUT2D eigenvalue weighted by molar-refractivity contribution is 6.04. The summed E-state index contributed by atoms with van der Waals surface area (Å²) in [7, 11) is 0. The standard InChI is InChI=1S/C79H58N2/c1-77(2)63-28-13-10-25-60(63)74-68(77)33-18-36-71(74)80(55-45-39-52(40-46-55)51-21-6-5-7-22-51)56-47-41-53(42-48-56)54-43-49-57(50-44-54)81(72-37-19-34-69-75(72)61-26-11-14-29-64(61)78(69,3)4)73-38-20-35-70-76(73)62-27-12-17-32-67(62)79(70)65-30-15-8-23-58(65)59-24-9-16-31-66(59)79/h5-50H,1-4H3/i1D3,2D3,3D3,4D3,5D,6D,7D,8D,9D,10D,11D,12D,13D,14D,15D,16D,17D,18D,19D,20D,21D,22D,23D,24D,26D,27D,28D,29D,30D,32D,33D,34D,35D,36D,37D,38D,39D,40D,41D,42D,43D,44D,45D,46D,47D,48D,49D,50D. The fourth-order valence-electron chi connectivity index (χ4n) is 11.0. The van der Waals surface area contributed by atoms with Gasteiger partial charge in [0.05, 0.1) is 82.8 Å². The maximum Gasteiger partial charge on any atom is 0.0726 e. The van der Waals surface area contributed by atoms with E-state index >= 15 is 0 Å². The number of anilines is 6. The van der Waals surface area contributed by atoms with Gasteiger partial charge in [-0.15, -0.1) is 0 Å². The summed E-state index contributed by atoms with van der Waals surface area (Å²) in [4.78, 5) is 0.157. The second-order valence-corrected chi connectivity index (χ2v) is 18.4. The van der Waals surface area contributed by atoms with Crippen molar-refractivity contribution in [2.24, 2.45) is 0 Å². The van der Waals surface area contributed by atoms with Crippen molar-refractivity contribution < 1.29 is 76.8 Å². The van der Waals surface area contributed by atoms with Gasteiger partial charge in [-0.05, 0) is 149 Å². The lowest BCUT2D eigenvalue weighted by atomic mass is 9.70. The molecule has 4 aliphatic carbocycles. The van der Waals surface area contributed by atoms with Crippen LogP contribution in [-0.4, -0.2) is 0 Å². The highest BCUT2D eigenvalue weighted by atomic mass is 15.2. The number of benzene rings is 12. The third-order valence-corrected chi connectivity index (χ3v) is 14.3. The first-order valence-corrected chi connectivity index (χ1v) is 24.0. The van der Waals surface area contributed by atoms with Gasteiger partial charge in [-0.2, -0.15) is 0 Å². The first-order chi connectivity index (χ1) is 63.0. The molecule has 0 heterocycles. The molecule has 384 valence electrons. The summed E-state index contributed by atoms with van der Waals surface area (Å²) in [5.74, 6) is 0. The molecule has 0 saturated heterocycles. The maximum absolute atomic E-state index is 10.6. The molecular weight excluding hydrogens is 977 g/mol. The molecule has 1 atom stereocenters. The topological polar surface area (TPSA) is 6.48 Å². The Hall–Kier alpha value is -9.76. The van der Waals surface area contributed by atoms with Crippen molar-refractivity contribution in [2.75, 3.05) is 9.80 Å². The Morgan fingerprint density at radius 2 is 0.617 bits per heavy atom. The van der Waals surface area contributed by atoms with Gasteiger partial charge >= 0.3 is 0 Å². The molecule has 0 saturated carbocycles.